The molecular formula is C22H21N5O4. The van der Waals surface area contributed by atoms with Crippen molar-refractivity contribution in [2.45, 2.75) is 18.9 Å². The number of hydrogen-bond donors (Lipinski definition) is 1. The van der Waals surface area contributed by atoms with E-state index in [-0.39, 0.29) is 24.6 Å². The Balaban J connectivity index is 1.16. The molecule has 0 spiro atoms. The van der Waals surface area contributed by atoms with Crippen LogP contribution in [0.4, 0.5) is 0 Å². The first-order valence-electron chi connectivity index (χ1n) is 10.1. The summed E-state index contributed by atoms with van der Waals surface area (Å²) in [6.45, 7) is 1.26. The number of carbonyl (C=O) groups is 2. The molecule has 2 aliphatic rings. The van der Waals surface area contributed by atoms with Gasteiger partial charge in [0.25, 0.3) is 11.8 Å². The number of amides is 2. The quantitative estimate of drug-likeness (QED) is 0.695. The number of carbonyl (C=O) groups excluding carboxylic acids is 2. The van der Waals surface area contributed by atoms with Crippen LogP contribution >= 0.6 is 0 Å². The Morgan fingerprint density at radius 2 is 1.77 bits per heavy atom. The molecule has 2 aliphatic heterocycles. The van der Waals surface area contributed by atoms with Crippen molar-refractivity contribution in [3.63, 3.8) is 0 Å². The standard InChI is InChI=1S/C22H21N5O4/c28-21(15-6-7-19-20(12-15)31-14-30-19)23-16-8-10-26(11-9-16)22(29)18-13-27(25-24-18)17-4-2-1-3-5-17/h1-7,12-13,16H,8-11,14H2,(H,23,28). The Kier molecular flexibility index (Phi) is 4.99. The maximum absolute atomic E-state index is 12.8. The molecule has 1 aromatic heterocycles. The van der Waals surface area contributed by atoms with Crippen LogP contribution in [0.2, 0.25) is 0 Å². The van der Waals surface area contributed by atoms with Crippen molar-refractivity contribution in [1.82, 2.24) is 25.2 Å². The van der Waals surface area contributed by atoms with Crippen LogP contribution in [0.1, 0.15) is 33.7 Å². The molecule has 5 rings (SSSR count). The van der Waals surface area contributed by atoms with Crippen molar-refractivity contribution >= 4 is 11.8 Å². The molecule has 3 aromatic rings. The third-order valence-corrected chi connectivity index (χ3v) is 5.49. The van der Waals surface area contributed by atoms with Crippen molar-refractivity contribution < 1.29 is 19.1 Å². The molecule has 158 valence electrons. The molecule has 1 N–H and O–H groups in total. The topological polar surface area (TPSA) is 98.6 Å². The molecule has 3 heterocycles. The first-order valence-corrected chi connectivity index (χ1v) is 10.1. The van der Waals surface area contributed by atoms with Gasteiger partial charge in [0.2, 0.25) is 6.79 Å². The van der Waals surface area contributed by atoms with Crippen LogP contribution < -0.4 is 14.8 Å². The number of likely N-dealkylation sites (tertiary alicyclic amines) is 1. The van der Waals surface area contributed by atoms with Gasteiger partial charge in [-0.25, -0.2) is 4.68 Å². The van der Waals surface area contributed by atoms with E-state index in [4.69, 9.17) is 9.47 Å². The molecule has 0 unspecified atom stereocenters. The van der Waals surface area contributed by atoms with Gasteiger partial charge >= 0.3 is 0 Å². The highest BCUT2D eigenvalue weighted by Crippen LogP contribution is 2.32. The number of benzene rings is 2. The number of piperidine rings is 1. The summed E-state index contributed by atoms with van der Waals surface area (Å²) in [7, 11) is 0. The predicted molar refractivity (Wildman–Crippen MR) is 110 cm³/mol. The molecule has 0 saturated carbocycles. The smallest absolute Gasteiger partial charge is 0.276 e. The van der Waals surface area contributed by atoms with Crippen LogP contribution in [-0.4, -0.2) is 57.6 Å². The van der Waals surface area contributed by atoms with Gasteiger partial charge in [0, 0.05) is 24.7 Å². The minimum Gasteiger partial charge on any atom is -0.454 e. The fraction of sp³-hybridized carbons (Fsp3) is 0.273. The predicted octanol–water partition coefficient (Wildman–Crippen LogP) is 2.03. The molecule has 1 saturated heterocycles. The van der Waals surface area contributed by atoms with Gasteiger partial charge in [0.05, 0.1) is 11.9 Å². The Morgan fingerprint density at radius 3 is 2.58 bits per heavy atom. The molecular weight excluding hydrogens is 398 g/mol. The van der Waals surface area contributed by atoms with E-state index in [2.05, 4.69) is 15.6 Å². The highest BCUT2D eigenvalue weighted by molar-refractivity contribution is 5.95. The van der Waals surface area contributed by atoms with E-state index >= 15 is 0 Å². The first-order chi connectivity index (χ1) is 15.2. The second kappa shape index (κ2) is 8.10. The molecule has 31 heavy (non-hydrogen) atoms. The monoisotopic (exact) mass is 419 g/mol. The summed E-state index contributed by atoms with van der Waals surface area (Å²) >= 11 is 0. The molecule has 2 amide bonds. The molecule has 0 radical (unpaired) electrons. The van der Waals surface area contributed by atoms with Gasteiger partial charge in [-0.3, -0.25) is 9.59 Å². The van der Waals surface area contributed by atoms with E-state index in [1.165, 1.54) is 0 Å². The van der Waals surface area contributed by atoms with Crippen LogP contribution in [-0.2, 0) is 0 Å². The SMILES string of the molecule is O=C(NC1CCN(C(=O)c2cn(-c3ccccc3)nn2)CC1)c1ccc2c(c1)OCO2. The van der Waals surface area contributed by atoms with Gasteiger partial charge in [0.15, 0.2) is 17.2 Å². The van der Waals surface area contributed by atoms with Gasteiger partial charge in [-0.2, -0.15) is 0 Å². The first kappa shape index (κ1) is 19.1. The number of fused-ring (bicyclic) bond motifs is 1. The second-order valence-corrected chi connectivity index (χ2v) is 7.49. The number of hydrogen-bond acceptors (Lipinski definition) is 6. The summed E-state index contributed by atoms with van der Waals surface area (Å²) in [5.41, 5.74) is 1.69. The maximum atomic E-state index is 12.8. The van der Waals surface area contributed by atoms with Crippen molar-refractivity contribution in [3.05, 3.63) is 66.0 Å². The molecule has 1 fully saturated rings. The number of para-hydroxylation sites is 1. The lowest BCUT2D eigenvalue weighted by Gasteiger charge is -2.31. The van der Waals surface area contributed by atoms with Gasteiger partial charge in [-0.05, 0) is 43.2 Å². The fourth-order valence-corrected chi connectivity index (χ4v) is 3.76. The highest BCUT2D eigenvalue weighted by atomic mass is 16.7. The summed E-state index contributed by atoms with van der Waals surface area (Å²) < 4.78 is 12.2. The van der Waals surface area contributed by atoms with Crippen molar-refractivity contribution in [2.75, 3.05) is 19.9 Å². The zero-order valence-corrected chi connectivity index (χ0v) is 16.7. The number of nitrogens with one attached hydrogen (secondary N) is 1. The summed E-state index contributed by atoms with van der Waals surface area (Å²) in [4.78, 5) is 27.1. The van der Waals surface area contributed by atoms with Crippen molar-refractivity contribution in [2.24, 2.45) is 0 Å². The third kappa shape index (κ3) is 3.94. The summed E-state index contributed by atoms with van der Waals surface area (Å²) in [5, 5.41) is 11.1. The summed E-state index contributed by atoms with van der Waals surface area (Å²) in [5.74, 6) is 0.917. The van der Waals surface area contributed by atoms with Crippen LogP contribution in [0.25, 0.3) is 5.69 Å². The number of nitrogens with zero attached hydrogens (tertiary/aromatic N) is 4. The minimum absolute atomic E-state index is 0.00183. The lowest BCUT2D eigenvalue weighted by molar-refractivity contribution is 0.0692. The molecule has 0 bridgehead atoms. The third-order valence-electron chi connectivity index (χ3n) is 5.49. The van der Waals surface area contributed by atoms with Crippen LogP contribution in [0, 0.1) is 0 Å². The zero-order valence-electron chi connectivity index (χ0n) is 16.7. The molecule has 2 aromatic carbocycles. The average Bonchev–Trinajstić information content (AvgIpc) is 3.49. The van der Waals surface area contributed by atoms with Crippen LogP contribution in [0.15, 0.2) is 54.7 Å². The van der Waals surface area contributed by atoms with E-state index in [1.54, 1.807) is 34.0 Å². The second-order valence-electron chi connectivity index (χ2n) is 7.49. The van der Waals surface area contributed by atoms with Crippen LogP contribution in [0.3, 0.4) is 0 Å². The van der Waals surface area contributed by atoms with E-state index in [9.17, 15) is 9.59 Å². The van der Waals surface area contributed by atoms with Gasteiger partial charge in [-0.1, -0.05) is 23.4 Å². The van der Waals surface area contributed by atoms with Crippen LogP contribution in [0.5, 0.6) is 11.5 Å². The zero-order chi connectivity index (χ0) is 21.2. The van der Waals surface area contributed by atoms with Crippen molar-refractivity contribution in [3.8, 4) is 17.2 Å². The lowest BCUT2D eigenvalue weighted by Crippen LogP contribution is -2.46. The number of ether oxygens (including phenoxy) is 2. The lowest BCUT2D eigenvalue weighted by atomic mass is 10.0. The Labute approximate surface area is 178 Å². The molecule has 0 aliphatic carbocycles. The Bertz CT molecular complexity index is 1110. The summed E-state index contributed by atoms with van der Waals surface area (Å²) in [6.07, 6.45) is 2.99. The largest absolute Gasteiger partial charge is 0.454 e. The Morgan fingerprint density at radius 1 is 1.00 bits per heavy atom. The number of aromatic nitrogens is 3. The van der Waals surface area contributed by atoms with Gasteiger partial charge in [0.1, 0.15) is 0 Å². The van der Waals surface area contributed by atoms with Crippen molar-refractivity contribution in [1.29, 1.82) is 0 Å². The van der Waals surface area contributed by atoms with E-state index in [0.29, 0.717) is 48.7 Å². The Hall–Kier alpha value is -3.88. The molecule has 9 heteroatoms. The van der Waals surface area contributed by atoms with Gasteiger partial charge < -0.3 is 19.7 Å². The van der Waals surface area contributed by atoms with E-state index < -0.39 is 0 Å². The maximum Gasteiger partial charge on any atom is 0.276 e. The fourth-order valence-electron chi connectivity index (χ4n) is 3.76. The molecule has 9 nitrogen and oxygen atoms in total. The number of rotatable bonds is 4. The van der Waals surface area contributed by atoms with E-state index in [0.717, 1.165) is 5.69 Å². The average molecular weight is 419 g/mol. The summed E-state index contributed by atoms with van der Waals surface area (Å²) in [6, 6.07) is 14.7. The minimum atomic E-state index is -0.158. The van der Waals surface area contributed by atoms with E-state index in [1.807, 2.05) is 30.3 Å². The highest BCUT2D eigenvalue weighted by Gasteiger charge is 2.27. The molecule has 0 atom stereocenters. The normalized spacial score (nSPS) is 15.7. The van der Waals surface area contributed by atoms with Gasteiger partial charge in [-0.15, -0.1) is 5.10 Å².